The van der Waals surface area contributed by atoms with Gasteiger partial charge in [0.1, 0.15) is 12.0 Å². The minimum absolute atomic E-state index is 0.377. The molecule has 1 N–H and O–H groups in total. The van der Waals surface area contributed by atoms with Gasteiger partial charge < -0.3 is 4.74 Å². The molecule has 0 amide bonds. The van der Waals surface area contributed by atoms with Crippen molar-refractivity contribution in [2.45, 2.75) is 56.8 Å². The Hall–Kier alpha value is -0.440. The molecule has 4 fully saturated rings. The molecule has 0 aromatic rings. The van der Waals surface area contributed by atoms with Gasteiger partial charge in [-0.1, -0.05) is 5.04 Å². The maximum atomic E-state index is 13.7. The summed E-state index contributed by atoms with van der Waals surface area (Å²) in [6, 6.07) is 0. The van der Waals surface area contributed by atoms with Crippen LogP contribution in [-0.2, 0) is 18.9 Å². The fourth-order valence-corrected chi connectivity index (χ4v) is 5.15. The first kappa shape index (κ1) is 16.4. The predicted octanol–water partition coefficient (Wildman–Crippen LogP) is 3.80. The average molecular weight is 338 g/mol. The number of carbonyl (C=O) groups is 1. The second-order valence-electron chi connectivity index (χ2n) is 7.03. The summed E-state index contributed by atoms with van der Waals surface area (Å²) in [6.45, 7) is 1.12. The molecule has 1 atom stereocenters. The smallest absolute Gasteiger partial charge is 0.356 e. The number of rotatable bonds is 6. The standard InChI is InChI=1S/C14H20F2O5S/c1-8(14(15,16)22-21-20-18)19-12(17)13-5-9-2-10(6-13)4-11(3-9)7-13/h8-11,18H,2-7H2,1H3. The molecule has 4 rings (SSSR count). The Morgan fingerprint density at radius 3 is 2.18 bits per heavy atom. The second-order valence-corrected chi connectivity index (χ2v) is 7.88. The number of alkyl halides is 2. The largest absolute Gasteiger partial charge is 0.455 e. The van der Waals surface area contributed by atoms with Gasteiger partial charge in [-0.25, -0.2) is 5.26 Å². The molecule has 0 saturated heterocycles. The van der Waals surface area contributed by atoms with Crippen LogP contribution in [0.4, 0.5) is 8.78 Å². The lowest BCUT2D eigenvalue weighted by Crippen LogP contribution is -2.51. The number of hydrogen-bond acceptors (Lipinski definition) is 6. The van der Waals surface area contributed by atoms with Crippen LogP contribution in [0.2, 0.25) is 0 Å². The summed E-state index contributed by atoms with van der Waals surface area (Å²) < 4.78 is 36.3. The molecule has 0 aromatic carbocycles. The molecule has 0 heterocycles. The van der Waals surface area contributed by atoms with Crippen molar-refractivity contribution in [1.82, 2.24) is 0 Å². The molecular weight excluding hydrogens is 318 g/mol. The van der Waals surface area contributed by atoms with Gasteiger partial charge in [0, 0.05) is 0 Å². The van der Waals surface area contributed by atoms with Crippen LogP contribution >= 0.6 is 12.0 Å². The van der Waals surface area contributed by atoms with Crippen LogP contribution in [0.5, 0.6) is 0 Å². The third kappa shape index (κ3) is 2.98. The van der Waals surface area contributed by atoms with Gasteiger partial charge in [-0.15, -0.1) is 4.33 Å². The van der Waals surface area contributed by atoms with Crippen LogP contribution < -0.4 is 0 Å². The van der Waals surface area contributed by atoms with Crippen molar-refractivity contribution in [1.29, 1.82) is 0 Å². The number of hydrogen-bond donors (Lipinski definition) is 1. The Kier molecular flexibility index (Phi) is 4.39. The third-order valence-corrected chi connectivity index (χ3v) is 6.09. The molecule has 4 saturated carbocycles. The fraction of sp³-hybridized carbons (Fsp3) is 0.929. The van der Waals surface area contributed by atoms with Crippen LogP contribution in [0.3, 0.4) is 0 Å². The third-order valence-electron chi connectivity index (χ3n) is 5.40. The van der Waals surface area contributed by atoms with E-state index in [2.05, 4.69) is 9.37 Å². The van der Waals surface area contributed by atoms with Crippen molar-refractivity contribution < 1.29 is 32.9 Å². The first-order valence-corrected chi connectivity index (χ1v) is 8.33. The molecule has 0 aromatic heterocycles. The number of ether oxygens (including phenoxy) is 1. The first-order valence-electron chi connectivity index (χ1n) is 7.59. The average Bonchev–Trinajstić information content (AvgIpc) is 2.43. The van der Waals surface area contributed by atoms with E-state index in [0.29, 0.717) is 17.8 Å². The zero-order valence-corrected chi connectivity index (χ0v) is 13.1. The molecule has 0 aliphatic heterocycles. The topological polar surface area (TPSA) is 65.0 Å². The number of halogens is 2. The summed E-state index contributed by atoms with van der Waals surface area (Å²) in [5.41, 5.74) is -0.571. The van der Waals surface area contributed by atoms with Gasteiger partial charge in [0.05, 0.1) is 5.41 Å². The zero-order valence-electron chi connectivity index (χ0n) is 12.3. The Morgan fingerprint density at radius 2 is 1.73 bits per heavy atom. The van der Waals surface area contributed by atoms with Crippen LogP contribution in [0.15, 0.2) is 0 Å². The number of esters is 1. The summed E-state index contributed by atoms with van der Waals surface area (Å²) >= 11 is -0.377. The SMILES string of the molecule is CC(OC(=O)C12CC3CC(CC(C3)C1)C2)C(F)(F)SOOO. The maximum Gasteiger partial charge on any atom is 0.356 e. The molecule has 8 heteroatoms. The lowest BCUT2D eigenvalue weighted by molar-refractivity contribution is -0.433. The van der Waals surface area contributed by atoms with Crippen molar-refractivity contribution in [3.05, 3.63) is 0 Å². The van der Waals surface area contributed by atoms with Crippen molar-refractivity contribution in [2.24, 2.45) is 23.2 Å². The highest BCUT2D eigenvalue weighted by Gasteiger charge is 2.56. The highest BCUT2D eigenvalue weighted by molar-refractivity contribution is 7.95. The van der Waals surface area contributed by atoms with E-state index in [9.17, 15) is 13.6 Å². The van der Waals surface area contributed by atoms with E-state index in [0.717, 1.165) is 45.4 Å². The zero-order chi connectivity index (χ0) is 16.0. The van der Waals surface area contributed by atoms with Gasteiger partial charge in [-0.3, -0.25) is 4.79 Å². The molecule has 4 aliphatic rings. The van der Waals surface area contributed by atoms with Gasteiger partial charge in [0.25, 0.3) is 0 Å². The second kappa shape index (κ2) is 5.89. The summed E-state index contributed by atoms with van der Waals surface area (Å²) in [4.78, 5) is 12.5. The van der Waals surface area contributed by atoms with Crippen molar-refractivity contribution >= 4 is 18.0 Å². The predicted molar refractivity (Wildman–Crippen MR) is 73.5 cm³/mol. The molecule has 1 unspecified atom stereocenters. The molecule has 22 heavy (non-hydrogen) atoms. The molecular formula is C14H20F2O5S. The molecule has 4 aliphatic carbocycles. The van der Waals surface area contributed by atoms with E-state index in [-0.39, 0.29) is 12.0 Å². The Bertz CT molecular complexity index is 410. The summed E-state index contributed by atoms with van der Waals surface area (Å²) in [7, 11) is 0. The Labute approximate surface area is 131 Å². The Balaban J connectivity index is 1.64. The highest BCUT2D eigenvalue weighted by atomic mass is 32.2. The monoisotopic (exact) mass is 338 g/mol. The van der Waals surface area contributed by atoms with E-state index in [1.54, 1.807) is 0 Å². The summed E-state index contributed by atoms with van der Waals surface area (Å²) in [6.07, 6.45) is 4.12. The van der Waals surface area contributed by atoms with Crippen molar-refractivity contribution in [3.63, 3.8) is 0 Å². The van der Waals surface area contributed by atoms with E-state index in [1.165, 1.54) is 0 Å². The summed E-state index contributed by atoms with van der Waals surface area (Å²) in [5.74, 6) is 1.10. The first-order chi connectivity index (χ1) is 10.3. The molecule has 0 spiro atoms. The molecule has 5 nitrogen and oxygen atoms in total. The van der Waals surface area contributed by atoms with Gasteiger partial charge >= 0.3 is 11.2 Å². The fourth-order valence-electron chi connectivity index (χ4n) is 4.84. The van der Waals surface area contributed by atoms with Gasteiger partial charge in [-0.05, 0) is 63.2 Å². The Morgan fingerprint density at radius 1 is 1.23 bits per heavy atom. The molecule has 4 bridgehead atoms. The van der Waals surface area contributed by atoms with Gasteiger partial charge in [0.2, 0.25) is 0 Å². The normalized spacial score (nSPS) is 38.1. The van der Waals surface area contributed by atoms with Crippen LogP contribution in [0.1, 0.15) is 45.4 Å². The maximum absolute atomic E-state index is 13.7. The minimum Gasteiger partial charge on any atom is -0.455 e. The number of carbonyl (C=O) groups excluding carboxylic acids is 1. The lowest BCUT2D eigenvalue weighted by atomic mass is 9.49. The van der Waals surface area contributed by atoms with Crippen LogP contribution in [0.25, 0.3) is 0 Å². The van der Waals surface area contributed by atoms with E-state index >= 15 is 0 Å². The molecule has 126 valence electrons. The minimum atomic E-state index is -3.50. The van der Waals surface area contributed by atoms with Gasteiger partial charge in [-0.2, -0.15) is 8.78 Å². The molecule has 0 radical (unpaired) electrons. The van der Waals surface area contributed by atoms with Gasteiger partial charge in [0.15, 0.2) is 6.10 Å². The highest BCUT2D eigenvalue weighted by Crippen LogP contribution is 2.60. The van der Waals surface area contributed by atoms with E-state index in [4.69, 9.17) is 9.99 Å². The quantitative estimate of drug-likeness (QED) is 0.344. The lowest BCUT2D eigenvalue weighted by Gasteiger charge is -2.55. The van der Waals surface area contributed by atoms with E-state index < -0.39 is 22.7 Å². The van der Waals surface area contributed by atoms with Crippen LogP contribution in [0, 0.1) is 23.2 Å². The van der Waals surface area contributed by atoms with Crippen LogP contribution in [-0.4, -0.2) is 22.6 Å². The van der Waals surface area contributed by atoms with E-state index in [1.807, 2.05) is 0 Å². The summed E-state index contributed by atoms with van der Waals surface area (Å²) in [5, 5.41) is 7.64. The van der Waals surface area contributed by atoms with Crippen molar-refractivity contribution in [2.75, 3.05) is 0 Å². The van der Waals surface area contributed by atoms with Crippen molar-refractivity contribution in [3.8, 4) is 0 Å².